The molecular formula is C37H41N5O3. The Hall–Kier alpha value is -4.43. The molecule has 232 valence electrons. The highest BCUT2D eigenvalue weighted by Gasteiger charge is 2.44. The largest absolute Gasteiger partial charge is 0.495 e. The topological polar surface area (TPSA) is 87.6 Å². The van der Waals surface area contributed by atoms with Gasteiger partial charge in [-0.2, -0.15) is 0 Å². The highest BCUT2D eigenvalue weighted by molar-refractivity contribution is 6.12. The summed E-state index contributed by atoms with van der Waals surface area (Å²) in [5, 5.41) is 8.11. The highest BCUT2D eigenvalue weighted by Crippen LogP contribution is 2.44. The number of fused-ring (bicyclic) bond motifs is 4. The Kier molecular flexibility index (Phi) is 7.69. The number of hydrogen-bond donors (Lipinski definition) is 2. The number of hydrogen-bond acceptors (Lipinski definition) is 6. The van der Waals surface area contributed by atoms with Crippen LogP contribution in [0.3, 0.4) is 0 Å². The number of urea groups is 1. The van der Waals surface area contributed by atoms with E-state index in [0.717, 1.165) is 72.3 Å². The maximum Gasteiger partial charge on any atom is 0.323 e. The first-order chi connectivity index (χ1) is 21.8. The van der Waals surface area contributed by atoms with Crippen LogP contribution in [0, 0.1) is 5.92 Å². The Morgan fingerprint density at radius 3 is 2.58 bits per heavy atom. The van der Waals surface area contributed by atoms with Crippen LogP contribution in [0.15, 0.2) is 88.0 Å². The lowest BCUT2D eigenvalue weighted by Crippen LogP contribution is -2.40. The number of anilines is 3. The number of aliphatic imine (C=N–C) groups is 2. The summed E-state index contributed by atoms with van der Waals surface area (Å²) in [6.07, 6.45) is 10.6. The van der Waals surface area contributed by atoms with Crippen molar-refractivity contribution in [3.05, 3.63) is 83.6 Å². The van der Waals surface area contributed by atoms with E-state index < -0.39 is 0 Å². The summed E-state index contributed by atoms with van der Waals surface area (Å²) >= 11 is 0. The lowest BCUT2D eigenvalue weighted by molar-refractivity contribution is 0.0645. The molecular weight excluding hydrogens is 562 g/mol. The minimum absolute atomic E-state index is 0.00600. The average molecular weight is 604 g/mol. The second-order valence-corrected chi connectivity index (χ2v) is 13.4. The van der Waals surface area contributed by atoms with E-state index in [1.165, 1.54) is 11.1 Å². The molecule has 4 aliphatic rings. The van der Waals surface area contributed by atoms with E-state index in [0.29, 0.717) is 17.4 Å². The van der Waals surface area contributed by atoms with Crippen molar-refractivity contribution in [2.75, 3.05) is 35.9 Å². The van der Waals surface area contributed by atoms with Crippen molar-refractivity contribution >= 4 is 45.9 Å². The summed E-state index contributed by atoms with van der Waals surface area (Å²) in [5.74, 6) is 1.30. The maximum atomic E-state index is 13.3. The van der Waals surface area contributed by atoms with Gasteiger partial charge in [0.25, 0.3) is 0 Å². The van der Waals surface area contributed by atoms with Crippen LogP contribution in [0.1, 0.15) is 52.0 Å². The molecule has 3 aromatic rings. The van der Waals surface area contributed by atoms with Gasteiger partial charge in [-0.3, -0.25) is 9.98 Å². The van der Waals surface area contributed by atoms with Crippen LogP contribution in [0.25, 0.3) is 10.8 Å². The number of rotatable bonds is 7. The lowest BCUT2D eigenvalue weighted by atomic mass is 9.87. The molecule has 8 nitrogen and oxygen atoms in total. The predicted molar refractivity (Wildman–Crippen MR) is 183 cm³/mol. The Morgan fingerprint density at radius 2 is 1.80 bits per heavy atom. The molecule has 0 radical (unpaired) electrons. The highest BCUT2D eigenvalue weighted by atomic mass is 16.5. The van der Waals surface area contributed by atoms with Gasteiger partial charge >= 0.3 is 6.03 Å². The van der Waals surface area contributed by atoms with Crippen molar-refractivity contribution in [1.82, 2.24) is 0 Å². The van der Waals surface area contributed by atoms with E-state index in [9.17, 15) is 4.79 Å². The van der Waals surface area contributed by atoms with Gasteiger partial charge in [-0.05, 0) is 84.1 Å². The van der Waals surface area contributed by atoms with Crippen molar-refractivity contribution in [3.8, 4) is 5.75 Å². The monoisotopic (exact) mass is 603 g/mol. The van der Waals surface area contributed by atoms with Gasteiger partial charge in [0.1, 0.15) is 11.8 Å². The van der Waals surface area contributed by atoms with Gasteiger partial charge in [-0.1, -0.05) is 51.1 Å². The summed E-state index contributed by atoms with van der Waals surface area (Å²) in [6, 6.07) is 17.9. The van der Waals surface area contributed by atoms with E-state index in [4.69, 9.17) is 19.5 Å². The second-order valence-electron chi connectivity index (χ2n) is 13.4. The minimum Gasteiger partial charge on any atom is -0.495 e. The second kappa shape index (κ2) is 11.8. The van der Waals surface area contributed by atoms with Gasteiger partial charge in [0.15, 0.2) is 0 Å². The molecule has 8 heteroatoms. The average Bonchev–Trinajstić information content (AvgIpc) is 3.71. The Labute approximate surface area is 264 Å². The lowest BCUT2D eigenvalue weighted by Gasteiger charge is -2.29. The third kappa shape index (κ3) is 5.87. The summed E-state index contributed by atoms with van der Waals surface area (Å²) in [6.45, 7) is 8.17. The normalized spacial score (nSPS) is 20.9. The van der Waals surface area contributed by atoms with Crippen LogP contribution >= 0.6 is 0 Å². The summed E-state index contributed by atoms with van der Waals surface area (Å²) in [7, 11) is 1.61. The zero-order valence-electron chi connectivity index (χ0n) is 26.5. The molecule has 1 saturated heterocycles. The van der Waals surface area contributed by atoms with Crippen LogP contribution in [0.5, 0.6) is 5.75 Å². The van der Waals surface area contributed by atoms with Crippen LogP contribution in [0.2, 0.25) is 0 Å². The molecule has 0 bridgehead atoms. The first-order valence-electron chi connectivity index (χ1n) is 16.0. The third-order valence-electron chi connectivity index (χ3n) is 9.43. The number of nitrogens with zero attached hydrogens (tertiary/aromatic N) is 3. The van der Waals surface area contributed by atoms with Crippen LogP contribution in [0.4, 0.5) is 21.9 Å². The zero-order valence-corrected chi connectivity index (χ0v) is 26.5. The molecule has 7 rings (SSSR count). The summed E-state index contributed by atoms with van der Waals surface area (Å²) in [5.41, 5.74) is 7.15. The van der Waals surface area contributed by atoms with E-state index in [1.54, 1.807) is 7.11 Å². The van der Waals surface area contributed by atoms with E-state index >= 15 is 0 Å². The summed E-state index contributed by atoms with van der Waals surface area (Å²) < 4.78 is 11.1. The van der Waals surface area contributed by atoms with Gasteiger partial charge in [0, 0.05) is 35.9 Å². The smallest absolute Gasteiger partial charge is 0.323 e. The van der Waals surface area contributed by atoms with E-state index in [2.05, 4.69) is 60.6 Å². The molecule has 0 aromatic heterocycles. The zero-order chi connectivity index (χ0) is 31.1. The van der Waals surface area contributed by atoms with Crippen molar-refractivity contribution in [2.45, 2.75) is 64.0 Å². The van der Waals surface area contributed by atoms with Crippen LogP contribution in [-0.2, 0) is 10.2 Å². The van der Waals surface area contributed by atoms with Crippen LogP contribution < -0.4 is 20.3 Å². The Bertz CT molecular complexity index is 1760. The fraction of sp³-hybridized carbons (Fsp3) is 0.378. The van der Waals surface area contributed by atoms with Crippen LogP contribution in [-0.4, -0.2) is 50.5 Å². The number of carbonyl (C=O) groups is 1. The molecule has 0 saturated carbocycles. The Morgan fingerprint density at radius 1 is 1.02 bits per heavy atom. The molecule has 2 unspecified atom stereocenters. The van der Waals surface area contributed by atoms with E-state index in [-0.39, 0.29) is 23.5 Å². The third-order valence-corrected chi connectivity index (χ3v) is 9.43. The van der Waals surface area contributed by atoms with Gasteiger partial charge in [0.05, 0.1) is 36.6 Å². The maximum absolute atomic E-state index is 13.3. The van der Waals surface area contributed by atoms with Crippen molar-refractivity contribution < 1.29 is 14.3 Å². The van der Waals surface area contributed by atoms with Gasteiger partial charge < -0.3 is 25.0 Å². The van der Waals surface area contributed by atoms with Gasteiger partial charge in [-0.15, -0.1) is 0 Å². The van der Waals surface area contributed by atoms with Crippen molar-refractivity contribution in [3.63, 3.8) is 0 Å². The fourth-order valence-electron chi connectivity index (χ4n) is 6.74. The number of benzene rings is 3. The predicted octanol–water partition coefficient (Wildman–Crippen LogP) is 7.86. The summed E-state index contributed by atoms with van der Waals surface area (Å²) in [4.78, 5) is 25.6. The number of allylic oxidation sites excluding steroid dienone is 1. The molecule has 1 aliphatic carbocycles. The van der Waals surface area contributed by atoms with Gasteiger partial charge in [-0.25, -0.2) is 4.79 Å². The fourth-order valence-corrected chi connectivity index (χ4v) is 6.74. The standard InChI is InChI=1S/C37H41N5O3/c1-37(2,3)25-10-14-33(44-4)31(20-25)41-36(43)40-29-12-13-32(27-8-6-5-7-26(27)29)42-22-39-34-30(11-9-23-15-17-45-18-16-23)38-21-24-19-28(24)35(34)42/h5-8,10,12-14,19-23,34-35H,9,11,15-18H2,1-4H3,(H2,40,41,43). The molecule has 2 atom stereocenters. The Balaban J connectivity index is 1.13. The number of methoxy groups -OCH3 is 1. The van der Waals surface area contributed by atoms with E-state index in [1.807, 2.05) is 48.9 Å². The first kappa shape index (κ1) is 29.3. The number of ether oxygens (including phenoxy) is 2. The minimum atomic E-state index is -0.327. The molecule has 45 heavy (non-hydrogen) atoms. The molecule has 2 N–H and O–H groups in total. The number of nitrogens with one attached hydrogen (secondary N) is 2. The SMILES string of the molecule is COc1ccc(C(C)(C)C)cc1NC(=O)Nc1ccc(N2C=NC3C(CCC4CCOCC4)=NC=C4C=C4C32)c2ccccc12. The quantitative estimate of drug-likeness (QED) is 0.288. The molecule has 3 aliphatic heterocycles. The molecule has 3 aromatic carbocycles. The first-order valence-corrected chi connectivity index (χ1v) is 16.0. The molecule has 1 fully saturated rings. The molecule has 0 spiro atoms. The number of carbonyl (C=O) groups excluding carboxylic acids is 1. The molecule has 2 amide bonds. The number of amides is 2. The van der Waals surface area contributed by atoms with Crippen molar-refractivity contribution in [1.29, 1.82) is 0 Å². The van der Waals surface area contributed by atoms with Gasteiger partial charge in [0.2, 0.25) is 0 Å². The van der Waals surface area contributed by atoms with Crippen molar-refractivity contribution in [2.24, 2.45) is 15.9 Å². The molecule has 3 heterocycles.